The summed E-state index contributed by atoms with van der Waals surface area (Å²) < 4.78 is 32.1. The molecule has 1 saturated heterocycles. The molecule has 1 aliphatic rings. The van der Waals surface area contributed by atoms with Crippen LogP contribution in [0.4, 0.5) is 0 Å². The molecule has 21 heavy (non-hydrogen) atoms. The Morgan fingerprint density at radius 1 is 1.43 bits per heavy atom. The molecule has 1 unspecified atom stereocenters. The Labute approximate surface area is 126 Å². The molecule has 1 N–H and O–H groups in total. The molecule has 0 spiro atoms. The lowest BCUT2D eigenvalue weighted by Crippen LogP contribution is -2.43. The second kappa shape index (κ2) is 6.89. The van der Waals surface area contributed by atoms with Gasteiger partial charge in [0.05, 0.1) is 0 Å². The number of aromatic nitrogens is 1. The molecule has 0 saturated carbocycles. The van der Waals surface area contributed by atoms with Gasteiger partial charge >= 0.3 is 0 Å². The second-order valence-corrected chi connectivity index (χ2v) is 7.60. The number of nitrogens with one attached hydrogen (secondary N) is 1. The largest absolute Gasteiger partial charge is 0.360 e. The van der Waals surface area contributed by atoms with Crippen LogP contribution in [0, 0.1) is 19.8 Å². The first-order chi connectivity index (χ1) is 9.96. The standard InChI is InChI=1S/C14H25N3O3S/c1-4-7-15-9-13-6-5-8-17(10-13)21(18,19)14-11(2)16-20-12(14)3/h13,15H,4-10H2,1-3H3. The lowest BCUT2D eigenvalue weighted by atomic mass is 10.00. The molecule has 1 aromatic rings. The van der Waals surface area contributed by atoms with E-state index in [1.54, 1.807) is 18.2 Å². The molecule has 0 amide bonds. The Balaban J connectivity index is 2.10. The lowest BCUT2D eigenvalue weighted by Gasteiger charge is -2.32. The average Bonchev–Trinajstić information content (AvgIpc) is 2.79. The minimum absolute atomic E-state index is 0.240. The van der Waals surface area contributed by atoms with E-state index in [2.05, 4.69) is 17.4 Å². The molecule has 120 valence electrons. The summed E-state index contributed by atoms with van der Waals surface area (Å²) in [5.74, 6) is 0.749. The van der Waals surface area contributed by atoms with E-state index < -0.39 is 10.0 Å². The Bertz CT molecular complexity index is 549. The number of aryl methyl sites for hydroxylation is 2. The summed E-state index contributed by atoms with van der Waals surface area (Å²) >= 11 is 0. The Morgan fingerprint density at radius 2 is 2.19 bits per heavy atom. The van der Waals surface area contributed by atoms with Gasteiger partial charge in [0, 0.05) is 13.1 Å². The van der Waals surface area contributed by atoms with Gasteiger partial charge in [-0.05, 0) is 52.1 Å². The third-order valence-electron chi connectivity index (χ3n) is 3.91. The van der Waals surface area contributed by atoms with E-state index in [1.807, 2.05) is 0 Å². The highest BCUT2D eigenvalue weighted by Gasteiger charge is 2.34. The minimum Gasteiger partial charge on any atom is -0.360 e. The van der Waals surface area contributed by atoms with Crippen molar-refractivity contribution in [2.75, 3.05) is 26.2 Å². The van der Waals surface area contributed by atoms with Gasteiger partial charge in [-0.25, -0.2) is 8.42 Å². The van der Waals surface area contributed by atoms with E-state index in [0.717, 1.165) is 32.4 Å². The van der Waals surface area contributed by atoms with Crippen molar-refractivity contribution in [1.29, 1.82) is 0 Å². The summed E-state index contributed by atoms with van der Waals surface area (Å²) in [5.41, 5.74) is 0.443. The summed E-state index contributed by atoms with van der Waals surface area (Å²) in [6.07, 6.45) is 3.07. The van der Waals surface area contributed by atoms with Crippen molar-refractivity contribution in [3.63, 3.8) is 0 Å². The van der Waals surface area contributed by atoms with Crippen molar-refractivity contribution >= 4 is 10.0 Å². The first-order valence-electron chi connectivity index (χ1n) is 7.60. The molecule has 0 bridgehead atoms. The van der Waals surface area contributed by atoms with E-state index in [4.69, 9.17) is 4.52 Å². The average molecular weight is 315 g/mol. The predicted octanol–water partition coefficient (Wildman–Crippen LogP) is 1.69. The van der Waals surface area contributed by atoms with Gasteiger partial charge in [-0.1, -0.05) is 12.1 Å². The zero-order chi connectivity index (χ0) is 15.5. The summed E-state index contributed by atoms with van der Waals surface area (Å²) in [5, 5.41) is 7.15. The highest BCUT2D eigenvalue weighted by Crippen LogP contribution is 2.27. The van der Waals surface area contributed by atoms with Crippen LogP contribution in [0.15, 0.2) is 9.42 Å². The molecule has 1 fully saturated rings. The first-order valence-corrected chi connectivity index (χ1v) is 9.04. The van der Waals surface area contributed by atoms with Crippen molar-refractivity contribution in [1.82, 2.24) is 14.8 Å². The Morgan fingerprint density at radius 3 is 2.81 bits per heavy atom. The number of hydrogen-bond donors (Lipinski definition) is 1. The fourth-order valence-corrected chi connectivity index (χ4v) is 4.71. The maximum atomic E-state index is 12.8. The maximum Gasteiger partial charge on any atom is 0.248 e. The van der Waals surface area contributed by atoms with Gasteiger partial charge in [0.25, 0.3) is 0 Å². The van der Waals surface area contributed by atoms with E-state index in [0.29, 0.717) is 30.5 Å². The second-order valence-electron chi connectivity index (χ2n) is 5.73. The van der Waals surface area contributed by atoms with Crippen LogP contribution in [0.5, 0.6) is 0 Å². The van der Waals surface area contributed by atoms with Gasteiger partial charge in [-0.15, -0.1) is 0 Å². The third kappa shape index (κ3) is 3.64. The lowest BCUT2D eigenvalue weighted by molar-refractivity contribution is 0.260. The van der Waals surface area contributed by atoms with Crippen LogP contribution in [0.2, 0.25) is 0 Å². The normalized spacial score (nSPS) is 20.8. The van der Waals surface area contributed by atoms with E-state index in [1.165, 1.54) is 0 Å². The molecule has 1 aromatic heterocycles. The van der Waals surface area contributed by atoms with Crippen LogP contribution < -0.4 is 5.32 Å². The van der Waals surface area contributed by atoms with Crippen molar-refractivity contribution in [3.05, 3.63) is 11.5 Å². The number of rotatable bonds is 6. The number of piperidine rings is 1. The SMILES string of the molecule is CCCNCC1CCCN(S(=O)(=O)c2c(C)noc2C)C1. The molecule has 1 aliphatic heterocycles. The van der Waals surface area contributed by atoms with Gasteiger partial charge in [-0.2, -0.15) is 4.31 Å². The smallest absolute Gasteiger partial charge is 0.248 e. The summed E-state index contributed by atoms with van der Waals surface area (Å²) in [7, 11) is -3.49. The monoisotopic (exact) mass is 315 g/mol. The van der Waals surface area contributed by atoms with Crippen LogP contribution >= 0.6 is 0 Å². The molecule has 0 aromatic carbocycles. The van der Waals surface area contributed by atoms with Gasteiger partial charge < -0.3 is 9.84 Å². The molecule has 1 atom stereocenters. The fraction of sp³-hybridized carbons (Fsp3) is 0.786. The molecule has 2 rings (SSSR count). The molecule has 2 heterocycles. The summed E-state index contributed by atoms with van der Waals surface area (Å²) in [4.78, 5) is 0.240. The molecular formula is C14H25N3O3S. The summed E-state index contributed by atoms with van der Waals surface area (Å²) in [6.45, 7) is 8.46. The zero-order valence-electron chi connectivity index (χ0n) is 13.1. The maximum absolute atomic E-state index is 12.8. The molecule has 0 aliphatic carbocycles. The molecule has 6 nitrogen and oxygen atoms in total. The van der Waals surface area contributed by atoms with Crippen molar-refractivity contribution in [2.45, 2.75) is 44.9 Å². The number of hydrogen-bond acceptors (Lipinski definition) is 5. The molecule has 7 heteroatoms. The quantitative estimate of drug-likeness (QED) is 0.809. The van der Waals surface area contributed by atoms with Gasteiger partial charge in [0.15, 0.2) is 5.76 Å². The van der Waals surface area contributed by atoms with Crippen LogP contribution in [0.3, 0.4) is 0 Å². The molecular weight excluding hydrogens is 290 g/mol. The number of sulfonamides is 1. The topological polar surface area (TPSA) is 75.4 Å². The first kappa shape index (κ1) is 16.5. The Hall–Kier alpha value is -0.920. The van der Waals surface area contributed by atoms with E-state index in [-0.39, 0.29) is 4.90 Å². The molecule has 0 radical (unpaired) electrons. The third-order valence-corrected chi connectivity index (χ3v) is 6.02. The summed E-state index contributed by atoms with van der Waals surface area (Å²) in [6, 6.07) is 0. The van der Waals surface area contributed by atoms with Gasteiger partial charge in [-0.3, -0.25) is 0 Å². The number of nitrogens with zero attached hydrogens (tertiary/aromatic N) is 2. The van der Waals surface area contributed by atoms with Crippen molar-refractivity contribution < 1.29 is 12.9 Å². The van der Waals surface area contributed by atoms with Gasteiger partial charge in [0.2, 0.25) is 10.0 Å². The highest BCUT2D eigenvalue weighted by atomic mass is 32.2. The van der Waals surface area contributed by atoms with E-state index >= 15 is 0 Å². The van der Waals surface area contributed by atoms with E-state index in [9.17, 15) is 8.42 Å². The minimum atomic E-state index is -3.49. The fourth-order valence-electron chi connectivity index (χ4n) is 2.87. The predicted molar refractivity (Wildman–Crippen MR) is 80.6 cm³/mol. The van der Waals surface area contributed by atoms with Crippen LogP contribution in [0.1, 0.15) is 37.6 Å². The van der Waals surface area contributed by atoms with Gasteiger partial charge in [0.1, 0.15) is 10.6 Å². The van der Waals surface area contributed by atoms with Crippen molar-refractivity contribution in [3.8, 4) is 0 Å². The van der Waals surface area contributed by atoms with Crippen molar-refractivity contribution in [2.24, 2.45) is 5.92 Å². The Kier molecular flexibility index (Phi) is 5.40. The van der Waals surface area contributed by atoms with Crippen LogP contribution in [-0.4, -0.2) is 44.1 Å². The van der Waals surface area contributed by atoms with Crippen LogP contribution in [0.25, 0.3) is 0 Å². The highest BCUT2D eigenvalue weighted by molar-refractivity contribution is 7.89. The van der Waals surface area contributed by atoms with Crippen LogP contribution in [-0.2, 0) is 10.0 Å². The zero-order valence-corrected chi connectivity index (χ0v) is 13.9.